The summed E-state index contributed by atoms with van der Waals surface area (Å²) in [7, 11) is 0. The van der Waals surface area contributed by atoms with E-state index in [-0.39, 0.29) is 0 Å². The fraction of sp³-hybridized carbons (Fsp3) is 0.200. The van der Waals surface area contributed by atoms with Crippen LogP contribution in [0.15, 0.2) is 42.7 Å². The van der Waals surface area contributed by atoms with Gasteiger partial charge in [0, 0.05) is 18.0 Å². The molecular weight excluding hydrogens is 314 g/mol. The van der Waals surface area contributed by atoms with Crippen molar-refractivity contribution in [2.24, 2.45) is 0 Å². The van der Waals surface area contributed by atoms with Gasteiger partial charge >= 0.3 is 0 Å². The van der Waals surface area contributed by atoms with Gasteiger partial charge in [-0.3, -0.25) is 4.57 Å². The van der Waals surface area contributed by atoms with Gasteiger partial charge in [0.05, 0.1) is 20.9 Å². The van der Waals surface area contributed by atoms with Crippen LogP contribution in [-0.2, 0) is 0 Å². The number of aryl methyl sites for hydroxylation is 4. The van der Waals surface area contributed by atoms with E-state index in [2.05, 4.69) is 72.6 Å². The third-order valence-corrected chi connectivity index (χ3v) is 5.30. The Hall–Kier alpha value is -2.46. The van der Waals surface area contributed by atoms with Crippen molar-refractivity contribution in [1.82, 2.24) is 14.5 Å². The SMILES string of the molecule is Cc1cc(C)c(-n2ccnc2-c2cccc3nc(C)sc23)c(C)c1. The molecule has 3 nitrogen and oxygen atoms in total. The molecule has 0 bridgehead atoms. The molecule has 2 aromatic heterocycles. The molecule has 0 saturated carbocycles. The van der Waals surface area contributed by atoms with E-state index in [1.165, 1.54) is 27.1 Å². The Morgan fingerprint density at radius 3 is 2.50 bits per heavy atom. The van der Waals surface area contributed by atoms with Crippen molar-refractivity contribution < 1.29 is 0 Å². The highest BCUT2D eigenvalue weighted by Crippen LogP contribution is 2.34. The highest BCUT2D eigenvalue weighted by molar-refractivity contribution is 7.19. The second-order valence-electron chi connectivity index (χ2n) is 6.25. The first kappa shape index (κ1) is 15.1. The molecule has 0 atom stereocenters. The van der Waals surface area contributed by atoms with Gasteiger partial charge in [-0.2, -0.15) is 0 Å². The molecule has 0 aliphatic carbocycles. The molecule has 0 N–H and O–H groups in total. The summed E-state index contributed by atoms with van der Waals surface area (Å²) in [5, 5.41) is 1.08. The highest BCUT2D eigenvalue weighted by atomic mass is 32.1. The number of nitrogens with zero attached hydrogens (tertiary/aromatic N) is 3. The van der Waals surface area contributed by atoms with E-state index >= 15 is 0 Å². The van der Waals surface area contributed by atoms with Crippen LogP contribution in [0.4, 0.5) is 0 Å². The molecule has 2 heterocycles. The molecule has 4 rings (SSSR count). The Morgan fingerprint density at radius 1 is 1.00 bits per heavy atom. The highest BCUT2D eigenvalue weighted by Gasteiger charge is 2.16. The van der Waals surface area contributed by atoms with E-state index in [0.717, 1.165) is 21.9 Å². The first-order valence-corrected chi connectivity index (χ1v) is 8.84. The summed E-state index contributed by atoms with van der Waals surface area (Å²) in [5.74, 6) is 0.972. The van der Waals surface area contributed by atoms with E-state index in [9.17, 15) is 0 Å². The maximum Gasteiger partial charge on any atom is 0.145 e. The molecule has 0 aliphatic rings. The molecular formula is C20H19N3S. The van der Waals surface area contributed by atoms with E-state index < -0.39 is 0 Å². The summed E-state index contributed by atoms with van der Waals surface area (Å²) < 4.78 is 3.40. The van der Waals surface area contributed by atoms with Crippen molar-refractivity contribution in [1.29, 1.82) is 0 Å². The van der Waals surface area contributed by atoms with Gasteiger partial charge in [-0.05, 0) is 51.0 Å². The van der Waals surface area contributed by atoms with Crippen LogP contribution < -0.4 is 0 Å². The number of aromatic nitrogens is 3. The third-order valence-electron chi connectivity index (χ3n) is 4.28. The average Bonchev–Trinajstić information content (AvgIpc) is 3.11. The van der Waals surface area contributed by atoms with Gasteiger partial charge < -0.3 is 0 Å². The van der Waals surface area contributed by atoms with E-state index in [1.807, 2.05) is 12.4 Å². The van der Waals surface area contributed by atoms with Crippen LogP contribution in [0.25, 0.3) is 27.3 Å². The summed E-state index contributed by atoms with van der Waals surface area (Å²) in [4.78, 5) is 9.28. The molecule has 0 spiro atoms. The third kappa shape index (κ3) is 2.34. The Balaban J connectivity index is 1.99. The Morgan fingerprint density at radius 2 is 1.75 bits per heavy atom. The van der Waals surface area contributed by atoms with Crippen LogP contribution in [0.3, 0.4) is 0 Å². The molecule has 24 heavy (non-hydrogen) atoms. The van der Waals surface area contributed by atoms with Crippen LogP contribution >= 0.6 is 11.3 Å². The van der Waals surface area contributed by atoms with Gasteiger partial charge in [0.25, 0.3) is 0 Å². The molecule has 0 unspecified atom stereocenters. The predicted molar refractivity (Wildman–Crippen MR) is 101 cm³/mol. The predicted octanol–water partition coefficient (Wildman–Crippen LogP) is 5.38. The average molecular weight is 333 g/mol. The molecule has 0 radical (unpaired) electrons. The molecule has 120 valence electrons. The lowest BCUT2D eigenvalue weighted by Crippen LogP contribution is -2.02. The van der Waals surface area contributed by atoms with Gasteiger partial charge in [-0.1, -0.05) is 23.8 Å². The molecule has 4 heteroatoms. The second-order valence-corrected chi connectivity index (χ2v) is 7.46. The van der Waals surface area contributed by atoms with Crippen LogP contribution in [0.1, 0.15) is 21.7 Å². The number of thiazole rings is 1. The molecule has 0 saturated heterocycles. The topological polar surface area (TPSA) is 30.7 Å². The zero-order valence-corrected chi connectivity index (χ0v) is 15.1. The van der Waals surface area contributed by atoms with Crippen molar-refractivity contribution >= 4 is 21.6 Å². The minimum Gasteiger partial charge on any atom is -0.299 e. The van der Waals surface area contributed by atoms with E-state index in [0.29, 0.717) is 0 Å². The standard InChI is InChI=1S/C20H19N3S/c1-12-10-13(2)18(14(3)11-12)23-9-8-21-20(23)16-6-5-7-17-19(16)24-15(4)22-17/h5-11H,1-4H3. The Kier molecular flexibility index (Phi) is 3.50. The minimum absolute atomic E-state index is 0.972. The normalized spacial score (nSPS) is 11.3. The summed E-state index contributed by atoms with van der Waals surface area (Å²) in [5.41, 5.74) is 7.21. The molecule has 0 fully saturated rings. The first-order chi connectivity index (χ1) is 11.5. The van der Waals surface area contributed by atoms with E-state index in [4.69, 9.17) is 0 Å². The van der Waals surface area contributed by atoms with Gasteiger partial charge in [0.15, 0.2) is 0 Å². The Bertz CT molecular complexity index is 1030. The lowest BCUT2D eigenvalue weighted by atomic mass is 10.0. The first-order valence-electron chi connectivity index (χ1n) is 8.02. The molecule has 0 aliphatic heterocycles. The smallest absolute Gasteiger partial charge is 0.145 e. The summed E-state index contributed by atoms with van der Waals surface area (Å²) in [6, 6.07) is 10.7. The molecule has 0 amide bonds. The number of hydrogen-bond donors (Lipinski definition) is 0. The number of hydrogen-bond acceptors (Lipinski definition) is 3. The summed E-state index contributed by atoms with van der Waals surface area (Å²) >= 11 is 1.73. The molecule has 4 aromatic rings. The second kappa shape index (κ2) is 5.56. The number of imidazole rings is 1. The maximum atomic E-state index is 4.67. The van der Waals surface area contributed by atoms with Crippen LogP contribution in [0, 0.1) is 27.7 Å². The summed E-state index contributed by atoms with van der Waals surface area (Å²) in [6.45, 7) is 8.52. The van der Waals surface area contributed by atoms with Crippen molar-refractivity contribution in [2.75, 3.05) is 0 Å². The van der Waals surface area contributed by atoms with Crippen molar-refractivity contribution in [2.45, 2.75) is 27.7 Å². The zero-order chi connectivity index (χ0) is 16.8. The lowest BCUT2D eigenvalue weighted by Gasteiger charge is -2.15. The number of fused-ring (bicyclic) bond motifs is 1. The van der Waals surface area contributed by atoms with Gasteiger partial charge in [-0.25, -0.2) is 9.97 Å². The quantitative estimate of drug-likeness (QED) is 0.493. The fourth-order valence-electron chi connectivity index (χ4n) is 3.47. The lowest BCUT2D eigenvalue weighted by molar-refractivity contribution is 1.03. The van der Waals surface area contributed by atoms with Crippen LogP contribution in [-0.4, -0.2) is 14.5 Å². The van der Waals surface area contributed by atoms with E-state index in [1.54, 1.807) is 11.3 Å². The largest absolute Gasteiger partial charge is 0.299 e. The van der Waals surface area contributed by atoms with Gasteiger partial charge in [0.1, 0.15) is 5.82 Å². The van der Waals surface area contributed by atoms with Crippen LogP contribution in [0.2, 0.25) is 0 Å². The maximum absolute atomic E-state index is 4.67. The number of rotatable bonds is 2. The van der Waals surface area contributed by atoms with Gasteiger partial charge in [-0.15, -0.1) is 11.3 Å². The minimum atomic E-state index is 0.972. The fourth-order valence-corrected chi connectivity index (χ4v) is 4.40. The van der Waals surface area contributed by atoms with Crippen molar-refractivity contribution in [3.8, 4) is 17.1 Å². The number of benzene rings is 2. The van der Waals surface area contributed by atoms with Crippen molar-refractivity contribution in [3.05, 3.63) is 64.4 Å². The monoisotopic (exact) mass is 333 g/mol. The van der Waals surface area contributed by atoms with Crippen molar-refractivity contribution in [3.63, 3.8) is 0 Å². The Labute approximate surface area is 145 Å². The van der Waals surface area contributed by atoms with Crippen LogP contribution in [0.5, 0.6) is 0 Å². The zero-order valence-electron chi connectivity index (χ0n) is 14.3. The molecule has 2 aromatic carbocycles. The van der Waals surface area contributed by atoms with Gasteiger partial charge in [0.2, 0.25) is 0 Å². The summed E-state index contributed by atoms with van der Waals surface area (Å²) in [6.07, 6.45) is 3.92.